The van der Waals surface area contributed by atoms with E-state index in [1.165, 1.54) is 5.56 Å². The molecule has 0 fully saturated rings. The van der Waals surface area contributed by atoms with Crippen LogP contribution in [0.2, 0.25) is 0 Å². The minimum absolute atomic E-state index is 0. The van der Waals surface area contributed by atoms with Gasteiger partial charge in [-0.1, -0.05) is 30.3 Å². The van der Waals surface area contributed by atoms with Crippen LogP contribution in [0.15, 0.2) is 30.3 Å². The Bertz CT molecular complexity index is 264. The Hall–Kier alpha value is -1.06. The first-order valence-electron chi connectivity index (χ1n) is 4.25. The van der Waals surface area contributed by atoms with E-state index in [1.54, 1.807) is 0 Å². The maximum absolute atomic E-state index is 10.1. The number of carbonyl (C=O) groups is 1. The summed E-state index contributed by atoms with van der Waals surface area (Å²) in [6.07, 6.45) is 0.869. The van der Waals surface area contributed by atoms with Gasteiger partial charge in [-0.05, 0) is 18.5 Å². The van der Waals surface area contributed by atoms with Crippen LogP contribution in [0.25, 0.3) is 0 Å². The monoisotopic (exact) mass is 215 g/mol. The van der Waals surface area contributed by atoms with Gasteiger partial charge in [-0.15, -0.1) is 12.4 Å². The molecule has 78 valence electrons. The van der Waals surface area contributed by atoms with E-state index in [1.807, 2.05) is 30.3 Å². The van der Waals surface area contributed by atoms with Crippen LogP contribution in [0.3, 0.4) is 0 Å². The highest BCUT2D eigenvalue weighted by Crippen LogP contribution is 1.97. The second-order valence-corrected chi connectivity index (χ2v) is 2.81. The molecule has 4 heteroatoms. The van der Waals surface area contributed by atoms with Crippen LogP contribution in [0.4, 0.5) is 0 Å². The molecule has 0 saturated heterocycles. The van der Waals surface area contributed by atoms with Gasteiger partial charge in [0.1, 0.15) is 0 Å². The molecule has 3 nitrogen and oxygen atoms in total. The molecule has 0 saturated carbocycles. The van der Waals surface area contributed by atoms with E-state index in [4.69, 9.17) is 5.11 Å². The standard InChI is InChI=1S/C10H13NO2.ClH/c12-10(13)8-11-7-6-9-4-2-1-3-5-9;/h1-5,11H,6-8H2,(H,12,13);1H. The number of carboxylic acid groups (broad SMARTS) is 1. The number of hydrogen-bond donors (Lipinski definition) is 2. The summed E-state index contributed by atoms with van der Waals surface area (Å²) < 4.78 is 0. The first-order valence-corrected chi connectivity index (χ1v) is 4.25. The first kappa shape index (κ1) is 12.9. The molecule has 2 N–H and O–H groups in total. The molecule has 0 amide bonds. The predicted octanol–water partition coefficient (Wildman–Crippen LogP) is 1.33. The van der Waals surface area contributed by atoms with Crippen molar-refractivity contribution < 1.29 is 9.90 Å². The van der Waals surface area contributed by atoms with Gasteiger partial charge < -0.3 is 10.4 Å². The van der Waals surface area contributed by atoms with Crippen molar-refractivity contribution in [2.24, 2.45) is 0 Å². The molecule has 0 aliphatic rings. The lowest BCUT2D eigenvalue weighted by atomic mass is 10.1. The summed E-state index contributed by atoms with van der Waals surface area (Å²) in [6, 6.07) is 9.98. The van der Waals surface area contributed by atoms with Crippen molar-refractivity contribution in [3.05, 3.63) is 35.9 Å². The fourth-order valence-corrected chi connectivity index (χ4v) is 1.07. The molecular formula is C10H14ClNO2. The van der Waals surface area contributed by atoms with E-state index >= 15 is 0 Å². The Morgan fingerprint density at radius 3 is 2.50 bits per heavy atom. The summed E-state index contributed by atoms with van der Waals surface area (Å²) in [5, 5.41) is 11.2. The first-order chi connectivity index (χ1) is 6.29. The SMILES string of the molecule is Cl.O=C(O)CNCCc1ccccc1. The van der Waals surface area contributed by atoms with Crippen LogP contribution >= 0.6 is 12.4 Å². The highest BCUT2D eigenvalue weighted by atomic mass is 35.5. The molecular weight excluding hydrogens is 202 g/mol. The molecule has 0 spiro atoms. The molecule has 1 aromatic rings. The fourth-order valence-electron chi connectivity index (χ4n) is 1.07. The van der Waals surface area contributed by atoms with Crippen molar-refractivity contribution >= 4 is 18.4 Å². The van der Waals surface area contributed by atoms with Gasteiger partial charge in [0.15, 0.2) is 0 Å². The minimum atomic E-state index is -0.812. The number of hydrogen-bond acceptors (Lipinski definition) is 2. The Kier molecular flexibility index (Phi) is 6.80. The average Bonchev–Trinajstić information content (AvgIpc) is 2.14. The summed E-state index contributed by atoms with van der Waals surface area (Å²) in [5.41, 5.74) is 1.22. The van der Waals surface area contributed by atoms with Gasteiger partial charge in [-0.25, -0.2) is 0 Å². The van der Waals surface area contributed by atoms with E-state index in [0.717, 1.165) is 6.42 Å². The van der Waals surface area contributed by atoms with E-state index in [9.17, 15) is 4.79 Å². The zero-order valence-electron chi connectivity index (χ0n) is 7.77. The zero-order chi connectivity index (χ0) is 9.52. The molecule has 0 atom stereocenters. The molecule has 0 bridgehead atoms. The van der Waals surface area contributed by atoms with Gasteiger partial charge in [0.2, 0.25) is 0 Å². The normalized spacial score (nSPS) is 9.14. The Balaban J connectivity index is 0.00000169. The van der Waals surface area contributed by atoms with Crippen molar-refractivity contribution in [3.8, 4) is 0 Å². The van der Waals surface area contributed by atoms with Crippen molar-refractivity contribution in [2.75, 3.05) is 13.1 Å². The molecule has 1 rings (SSSR count). The van der Waals surface area contributed by atoms with Gasteiger partial charge in [-0.3, -0.25) is 4.79 Å². The lowest BCUT2D eigenvalue weighted by molar-refractivity contribution is -0.135. The highest BCUT2D eigenvalue weighted by Gasteiger charge is 1.94. The van der Waals surface area contributed by atoms with Gasteiger partial charge in [0, 0.05) is 0 Å². The van der Waals surface area contributed by atoms with Gasteiger partial charge in [0.05, 0.1) is 6.54 Å². The third kappa shape index (κ3) is 5.56. The van der Waals surface area contributed by atoms with E-state index in [0.29, 0.717) is 6.54 Å². The summed E-state index contributed by atoms with van der Waals surface area (Å²) in [7, 11) is 0. The molecule has 0 aromatic heterocycles. The van der Waals surface area contributed by atoms with Crippen LogP contribution in [-0.2, 0) is 11.2 Å². The smallest absolute Gasteiger partial charge is 0.317 e. The average molecular weight is 216 g/mol. The summed E-state index contributed by atoms with van der Waals surface area (Å²) in [4.78, 5) is 10.1. The van der Waals surface area contributed by atoms with Crippen molar-refractivity contribution in [2.45, 2.75) is 6.42 Å². The van der Waals surface area contributed by atoms with E-state index < -0.39 is 5.97 Å². The number of aliphatic carboxylic acids is 1. The number of rotatable bonds is 5. The zero-order valence-corrected chi connectivity index (χ0v) is 8.59. The largest absolute Gasteiger partial charge is 0.480 e. The van der Waals surface area contributed by atoms with Crippen LogP contribution in [0.1, 0.15) is 5.56 Å². The third-order valence-electron chi connectivity index (χ3n) is 1.71. The Morgan fingerprint density at radius 1 is 1.29 bits per heavy atom. The second-order valence-electron chi connectivity index (χ2n) is 2.81. The van der Waals surface area contributed by atoms with Crippen molar-refractivity contribution in [1.29, 1.82) is 0 Å². The molecule has 0 aliphatic carbocycles. The fraction of sp³-hybridized carbons (Fsp3) is 0.300. The Labute approximate surface area is 89.5 Å². The van der Waals surface area contributed by atoms with Crippen LogP contribution < -0.4 is 5.32 Å². The third-order valence-corrected chi connectivity index (χ3v) is 1.71. The highest BCUT2D eigenvalue weighted by molar-refractivity contribution is 5.85. The maximum Gasteiger partial charge on any atom is 0.317 e. The summed E-state index contributed by atoms with van der Waals surface area (Å²) in [6.45, 7) is 0.739. The van der Waals surface area contributed by atoms with E-state index in [-0.39, 0.29) is 19.0 Å². The lowest BCUT2D eigenvalue weighted by Crippen LogP contribution is -2.24. The van der Waals surface area contributed by atoms with Crippen molar-refractivity contribution in [1.82, 2.24) is 5.32 Å². The molecule has 1 aromatic carbocycles. The lowest BCUT2D eigenvalue weighted by Gasteiger charge is -2.01. The minimum Gasteiger partial charge on any atom is -0.480 e. The molecule has 0 aliphatic heterocycles. The Morgan fingerprint density at radius 2 is 1.93 bits per heavy atom. The quantitative estimate of drug-likeness (QED) is 0.729. The molecule has 14 heavy (non-hydrogen) atoms. The van der Waals surface area contributed by atoms with Gasteiger partial charge in [0.25, 0.3) is 0 Å². The van der Waals surface area contributed by atoms with Gasteiger partial charge in [-0.2, -0.15) is 0 Å². The van der Waals surface area contributed by atoms with Crippen molar-refractivity contribution in [3.63, 3.8) is 0 Å². The molecule has 0 heterocycles. The molecule has 0 radical (unpaired) electrons. The molecule has 0 unspecified atom stereocenters. The van der Waals surface area contributed by atoms with E-state index in [2.05, 4.69) is 5.32 Å². The number of halogens is 1. The number of nitrogens with one attached hydrogen (secondary N) is 1. The van der Waals surface area contributed by atoms with Crippen LogP contribution in [0.5, 0.6) is 0 Å². The van der Waals surface area contributed by atoms with Crippen LogP contribution in [0, 0.1) is 0 Å². The summed E-state index contributed by atoms with van der Waals surface area (Å²) >= 11 is 0. The second kappa shape index (κ2) is 7.35. The van der Waals surface area contributed by atoms with Gasteiger partial charge >= 0.3 is 5.97 Å². The number of carboxylic acids is 1. The predicted molar refractivity (Wildman–Crippen MR) is 57.9 cm³/mol. The number of benzene rings is 1. The van der Waals surface area contributed by atoms with Crippen LogP contribution in [-0.4, -0.2) is 24.2 Å². The summed E-state index contributed by atoms with van der Waals surface area (Å²) in [5.74, 6) is -0.812. The topological polar surface area (TPSA) is 49.3 Å². The maximum atomic E-state index is 10.1.